The number of ether oxygens (including phenoxy) is 2. The molecule has 0 aliphatic carbocycles. The van der Waals surface area contributed by atoms with Gasteiger partial charge in [0.1, 0.15) is 11.5 Å². The summed E-state index contributed by atoms with van der Waals surface area (Å²) >= 11 is 0. The molecule has 15 heavy (non-hydrogen) atoms. The monoisotopic (exact) mass is 213 g/mol. The molecule has 86 valence electrons. The number of unbranched alkanes of at least 4 members (excludes halogenated alkanes) is 1. The van der Waals surface area contributed by atoms with Crippen LogP contribution in [0, 0.1) is 0 Å². The highest BCUT2D eigenvalue weighted by Gasteiger charge is 2.01. The third-order valence-corrected chi connectivity index (χ3v) is 2.09. The smallest absolute Gasteiger partial charge is 0.136 e. The van der Waals surface area contributed by atoms with Crippen LogP contribution in [-0.2, 0) is 22.5 Å². The average molecular weight is 213 g/mol. The fourth-order valence-corrected chi connectivity index (χ4v) is 1.22. The van der Waals surface area contributed by atoms with Crippen LogP contribution in [0.2, 0.25) is 0 Å². The van der Waals surface area contributed by atoms with Crippen molar-refractivity contribution >= 4 is 0 Å². The number of hydrogen-bond acceptors (Lipinski definition) is 4. The van der Waals surface area contributed by atoms with Gasteiger partial charge < -0.3 is 14.0 Å². The van der Waals surface area contributed by atoms with Crippen LogP contribution in [0.3, 0.4) is 0 Å². The van der Waals surface area contributed by atoms with Crippen molar-refractivity contribution in [2.75, 3.05) is 20.3 Å². The summed E-state index contributed by atoms with van der Waals surface area (Å²) in [5, 5.41) is 3.90. The summed E-state index contributed by atoms with van der Waals surface area (Å²) in [6.07, 6.45) is 2.93. The largest absolute Gasteiger partial charge is 0.385 e. The van der Waals surface area contributed by atoms with E-state index in [4.69, 9.17) is 14.0 Å². The van der Waals surface area contributed by atoms with Gasteiger partial charge in [-0.25, -0.2) is 0 Å². The van der Waals surface area contributed by atoms with Crippen molar-refractivity contribution in [2.45, 2.75) is 32.8 Å². The van der Waals surface area contributed by atoms with E-state index in [2.05, 4.69) is 5.16 Å². The highest BCUT2D eigenvalue weighted by molar-refractivity contribution is 5.03. The van der Waals surface area contributed by atoms with Crippen LogP contribution in [-0.4, -0.2) is 25.5 Å². The molecule has 1 aromatic rings. The molecule has 0 bridgehead atoms. The van der Waals surface area contributed by atoms with Gasteiger partial charge in [0.05, 0.1) is 6.61 Å². The maximum Gasteiger partial charge on any atom is 0.136 e. The molecule has 0 radical (unpaired) electrons. The maximum atomic E-state index is 5.45. The van der Waals surface area contributed by atoms with Crippen molar-refractivity contribution in [3.8, 4) is 0 Å². The number of nitrogens with zero attached hydrogens (tertiary/aromatic N) is 1. The Labute approximate surface area is 90.5 Å². The van der Waals surface area contributed by atoms with E-state index in [1.54, 1.807) is 7.11 Å². The summed E-state index contributed by atoms with van der Waals surface area (Å²) in [4.78, 5) is 0. The Morgan fingerprint density at radius 2 is 2.13 bits per heavy atom. The second-order valence-electron chi connectivity index (χ2n) is 3.39. The zero-order valence-corrected chi connectivity index (χ0v) is 9.49. The Kier molecular flexibility index (Phi) is 6.04. The molecule has 4 nitrogen and oxygen atoms in total. The Morgan fingerprint density at radius 1 is 1.33 bits per heavy atom. The fraction of sp³-hybridized carbons (Fsp3) is 0.727. The summed E-state index contributed by atoms with van der Waals surface area (Å²) < 4.78 is 15.4. The van der Waals surface area contributed by atoms with E-state index in [-0.39, 0.29) is 0 Å². The van der Waals surface area contributed by atoms with E-state index in [0.717, 1.165) is 43.9 Å². The van der Waals surface area contributed by atoms with E-state index in [1.165, 1.54) is 0 Å². The van der Waals surface area contributed by atoms with E-state index in [1.807, 2.05) is 13.0 Å². The fourth-order valence-electron chi connectivity index (χ4n) is 1.22. The number of hydrogen-bond donors (Lipinski definition) is 0. The molecule has 0 aromatic carbocycles. The highest BCUT2D eigenvalue weighted by atomic mass is 16.5. The lowest BCUT2D eigenvalue weighted by Gasteiger charge is -2.00. The van der Waals surface area contributed by atoms with Crippen LogP contribution >= 0.6 is 0 Å². The van der Waals surface area contributed by atoms with Crippen molar-refractivity contribution < 1.29 is 14.0 Å². The first-order chi connectivity index (χ1) is 7.36. The van der Waals surface area contributed by atoms with Crippen LogP contribution in [0.15, 0.2) is 10.6 Å². The molecule has 0 atom stereocenters. The molecule has 0 amide bonds. The molecule has 1 heterocycles. The van der Waals surface area contributed by atoms with Crippen LogP contribution in [0.4, 0.5) is 0 Å². The molecule has 0 saturated carbocycles. The molecule has 0 saturated heterocycles. The third-order valence-electron chi connectivity index (χ3n) is 2.09. The van der Waals surface area contributed by atoms with Crippen LogP contribution in [0.1, 0.15) is 31.2 Å². The van der Waals surface area contributed by atoms with E-state index in [0.29, 0.717) is 6.61 Å². The SMILES string of the molecule is CCc1cc(COCCCCOC)no1. The molecule has 4 heteroatoms. The minimum atomic E-state index is 0.538. The topological polar surface area (TPSA) is 44.5 Å². The van der Waals surface area contributed by atoms with Gasteiger partial charge in [0.25, 0.3) is 0 Å². The number of aromatic nitrogens is 1. The molecule has 0 spiro atoms. The summed E-state index contributed by atoms with van der Waals surface area (Å²) in [7, 11) is 1.71. The van der Waals surface area contributed by atoms with E-state index >= 15 is 0 Å². The zero-order valence-electron chi connectivity index (χ0n) is 9.49. The standard InChI is InChI=1S/C11H19NO3/c1-3-11-8-10(12-15-11)9-14-7-5-4-6-13-2/h8H,3-7,9H2,1-2H3. The third kappa shape index (κ3) is 4.95. The first kappa shape index (κ1) is 12.2. The molecule has 1 aromatic heterocycles. The summed E-state index contributed by atoms with van der Waals surface area (Å²) in [6.45, 7) is 4.12. The second kappa shape index (κ2) is 7.43. The minimum Gasteiger partial charge on any atom is -0.385 e. The van der Waals surface area contributed by atoms with Crippen molar-refractivity contribution in [3.05, 3.63) is 17.5 Å². The summed E-state index contributed by atoms with van der Waals surface area (Å²) in [6, 6.07) is 1.94. The minimum absolute atomic E-state index is 0.538. The Balaban J connectivity index is 2.04. The van der Waals surface area contributed by atoms with Crippen molar-refractivity contribution in [3.63, 3.8) is 0 Å². The van der Waals surface area contributed by atoms with Gasteiger partial charge in [0.15, 0.2) is 0 Å². The summed E-state index contributed by atoms with van der Waals surface area (Å²) in [5.41, 5.74) is 0.874. The maximum absolute atomic E-state index is 5.45. The van der Waals surface area contributed by atoms with Crippen molar-refractivity contribution in [1.82, 2.24) is 5.16 Å². The predicted molar refractivity (Wildman–Crippen MR) is 56.6 cm³/mol. The summed E-state index contributed by atoms with van der Waals surface area (Å²) in [5.74, 6) is 0.910. The van der Waals surface area contributed by atoms with Crippen LogP contribution in [0.5, 0.6) is 0 Å². The quantitative estimate of drug-likeness (QED) is 0.621. The van der Waals surface area contributed by atoms with Gasteiger partial charge in [0, 0.05) is 32.8 Å². The molecule has 0 unspecified atom stereocenters. The van der Waals surface area contributed by atoms with Gasteiger partial charge in [-0.2, -0.15) is 0 Å². The van der Waals surface area contributed by atoms with Gasteiger partial charge in [-0.3, -0.25) is 0 Å². The molecule has 1 rings (SSSR count). The second-order valence-corrected chi connectivity index (χ2v) is 3.39. The first-order valence-electron chi connectivity index (χ1n) is 5.38. The molecule has 0 aliphatic heterocycles. The Bertz CT molecular complexity index is 260. The van der Waals surface area contributed by atoms with Crippen molar-refractivity contribution in [1.29, 1.82) is 0 Å². The van der Waals surface area contributed by atoms with E-state index in [9.17, 15) is 0 Å². The Morgan fingerprint density at radius 3 is 2.80 bits per heavy atom. The van der Waals surface area contributed by atoms with Gasteiger partial charge in [-0.05, 0) is 12.8 Å². The van der Waals surface area contributed by atoms with Gasteiger partial charge in [0.2, 0.25) is 0 Å². The van der Waals surface area contributed by atoms with Gasteiger partial charge in [-0.15, -0.1) is 0 Å². The molecule has 0 N–H and O–H groups in total. The number of aryl methyl sites for hydroxylation is 1. The molecular formula is C11H19NO3. The lowest BCUT2D eigenvalue weighted by molar-refractivity contribution is 0.103. The number of methoxy groups -OCH3 is 1. The van der Waals surface area contributed by atoms with Gasteiger partial charge in [-0.1, -0.05) is 12.1 Å². The lowest BCUT2D eigenvalue weighted by Crippen LogP contribution is -1.97. The highest BCUT2D eigenvalue weighted by Crippen LogP contribution is 2.05. The molecule has 0 fully saturated rings. The molecular weight excluding hydrogens is 194 g/mol. The average Bonchev–Trinajstić information content (AvgIpc) is 2.71. The normalized spacial score (nSPS) is 10.8. The van der Waals surface area contributed by atoms with Crippen molar-refractivity contribution in [2.24, 2.45) is 0 Å². The number of rotatable bonds is 8. The van der Waals surface area contributed by atoms with Gasteiger partial charge >= 0.3 is 0 Å². The zero-order chi connectivity index (χ0) is 10.9. The van der Waals surface area contributed by atoms with Crippen LogP contribution < -0.4 is 0 Å². The predicted octanol–water partition coefficient (Wildman–Crippen LogP) is 2.18. The lowest BCUT2D eigenvalue weighted by atomic mass is 10.3. The van der Waals surface area contributed by atoms with E-state index < -0.39 is 0 Å². The Hall–Kier alpha value is -0.870. The first-order valence-corrected chi connectivity index (χ1v) is 5.38. The van der Waals surface area contributed by atoms with Crippen LogP contribution in [0.25, 0.3) is 0 Å². The molecule has 0 aliphatic rings.